The maximum Gasteiger partial charge on any atom is 0.237 e. The predicted molar refractivity (Wildman–Crippen MR) is 83.6 cm³/mol. The van der Waals surface area contributed by atoms with Crippen molar-refractivity contribution in [2.45, 2.75) is 83.7 Å². The molecule has 116 valence electrons. The molecular formula is C17H32N2O. The van der Waals surface area contributed by atoms with Crippen molar-refractivity contribution < 1.29 is 4.79 Å². The molecule has 3 unspecified atom stereocenters. The molecule has 0 aromatic carbocycles. The molecule has 0 spiro atoms. The van der Waals surface area contributed by atoms with Crippen LogP contribution in [0.3, 0.4) is 0 Å². The second kappa shape index (κ2) is 8.02. The topological polar surface area (TPSA) is 41.1 Å². The molecule has 2 N–H and O–H groups in total. The molecule has 0 aromatic rings. The molecule has 2 rings (SSSR count). The van der Waals surface area contributed by atoms with Gasteiger partial charge >= 0.3 is 0 Å². The van der Waals surface area contributed by atoms with Crippen LogP contribution in [0.4, 0.5) is 0 Å². The molecule has 1 aliphatic heterocycles. The minimum atomic E-state index is 0.0475. The first-order valence-corrected chi connectivity index (χ1v) is 8.78. The summed E-state index contributed by atoms with van der Waals surface area (Å²) >= 11 is 0. The molecule has 0 radical (unpaired) electrons. The molecule has 1 amide bonds. The van der Waals surface area contributed by atoms with E-state index in [9.17, 15) is 4.79 Å². The van der Waals surface area contributed by atoms with Crippen molar-refractivity contribution >= 4 is 5.91 Å². The molecule has 1 aliphatic carbocycles. The smallest absolute Gasteiger partial charge is 0.237 e. The van der Waals surface area contributed by atoms with E-state index in [1.165, 1.54) is 44.9 Å². The van der Waals surface area contributed by atoms with E-state index in [1.54, 1.807) is 0 Å². The predicted octanol–water partition coefficient (Wildman–Crippen LogP) is 3.24. The van der Waals surface area contributed by atoms with Crippen molar-refractivity contribution in [1.29, 1.82) is 0 Å². The molecule has 1 saturated heterocycles. The molecule has 2 fully saturated rings. The molecule has 1 heterocycles. The fraction of sp³-hybridized carbons (Fsp3) is 0.941. The van der Waals surface area contributed by atoms with Gasteiger partial charge in [-0.1, -0.05) is 39.5 Å². The molecule has 20 heavy (non-hydrogen) atoms. The molecule has 3 nitrogen and oxygen atoms in total. The lowest BCUT2D eigenvalue weighted by atomic mass is 9.82. The Labute approximate surface area is 124 Å². The highest BCUT2D eigenvalue weighted by Gasteiger charge is 2.29. The van der Waals surface area contributed by atoms with Gasteiger partial charge in [-0.15, -0.1) is 0 Å². The quantitative estimate of drug-likeness (QED) is 0.811. The van der Waals surface area contributed by atoms with Crippen molar-refractivity contribution in [2.24, 2.45) is 11.8 Å². The largest absolute Gasteiger partial charge is 0.352 e. The van der Waals surface area contributed by atoms with Gasteiger partial charge in [-0.25, -0.2) is 0 Å². The van der Waals surface area contributed by atoms with Gasteiger partial charge < -0.3 is 10.6 Å². The summed E-state index contributed by atoms with van der Waals surface area (Å²) in [5.74, 6) is 1.69. The normalized spacial score (nSPS) is 29.9. The van der Waals surface area contributed by atoms with Crippen LogP contribution in [0.1, 0.15) is 71.6 Å². The zero-order chi connectivity index (χ0) is 14.4. The molecule has 0 bridgehead atoms. The maximum absolute atomic E-state index is 12.5. The van der Waals surface area contributed by atoms with Crippen LogP contribution >= 0.6 is 0 Å². The van der Waals surface area contributed by atoms with Crippen LogP contribution in [-0.2, 0) is 4.79 Å². The number of hydrogen-bond donors (Lipinski definition) is 2. The van der Waals surface area contributed by atoms with Gasteiger partial charge in [0.2, 0.25) is 5.91 Å². The third kappa shape index (κ3) is 4.21. The Bertz CT molecular complexity index is 299. The third-order valence-electron chi connectivity index (χ3n) is 5.39. The monoisotopic (exact) mass is 280 g/mol. The fourth-order valence-corrected chi connectivity index (χ4v) is 3.94. The third-order valence-corrected chi connectivity index (χ3v) is 5.39. The van der Waals surface area contributed by atoms with Crippen LogP contribution in [0, 0.1) is 11.8 Å². The number of carbonyl (C=O) groups is 1. The summed E-state index contributed by atoms with van der Waals surface area (Å²) in [5.41, 5.74) is 0. The van der Waals surface area contributed by atoms with Crippen molar-refractivity contribution in [3.8, 4) is 0 Å². The molecule has 1 saturated carbocycles. The summed E-state index contributed by atoms with van der Waals surface area (Å²) in [5, 5.41) is 6.75. The SMILES string of the molecule is CCC1CCNC(C(=O)NC(CC)C2CCCCC2)C1. The summed E-state index contributed by atoms with van der Waals surface area (Å²) in [6.45, 7) is 5.45. The first-order chi connectivity index (χ1) is 9.74. The van der Waals surface area contributed by atoms with E-state index >= 15 is 0 Å². The standard InChI is InChI=1S/C17H32N2O/c1-3-13-10-11-18-16(12-13)17(20)19-15(4-2)14-8-6-5-7-9-14/h13-16,18H,3-12H2,1-2H3,(H,19,20). The van der Waals surface area contributed by atoms with Gasteiger partial charge in [-0.05, 0) is 50.5 Å². The zero-order valence-electron chi connectivity index (χ0n) is 13.3. The van der Waals surface area contributed by atoms with Gasteiger partial charge in [0, 0.05) is 6.04 Å². The Morgan fingerprint density at radius 1 is 1.20 bits per heavy atom. The van der Waals surface area contributed by atoms with Gasteiger partial charge in [0.05, 0.1) is 6.04 Å². The highest BCUT2D eigenvalue weighted by Crippen LogP contribution is 2.28. The van der Waals surface area contributed by atoms with Gasteiger partial charge in [-0.2, -0.15) is 0 Å². The van der Waals surface area contributed by atoms with Crippen molar-refractivity contribution in [1.82, 2.24) is 10.6 Å². The van der Waals surface area contributed by atoms with Crippen LogP contribution in [-0.4, -0.2) is 24.5 Å². The molecule has 0 aromatic heterocycles. The van der Waals surface area contributed by atoms with Gasteiger partial charge in [0.15, 0.2) is 0 Å². The Morgan fingerprint density at radius 3 is 2.60 bits per heavy atom. The number of carbonyl (C=O) groups excluding carboxylic acids is 1. The number of piperidine rings is 1. The zero-order valence-corrected chi connectivity index (χ0v) is 13.3. The minimum Gasteiger partial charge on any atom is -0.352 e. The van der Waals surface area contributed by atoms with Crippen molar-refractivity contribution in [3.05, 3.63) is 0 Å². The van der Waals surface area contributed by atoms with Gasteiger partial charge in [-0.3, -0.25) is 4.79 Å². The maximum atomic E-state index is 12.5. The molecule has 2 aliphatic rings. The van der Waals surface area contributed by atoms with Gasteiger partial charge in [0.1, 0.15) is 0 Å². The lowest BCUT2D eigenvalue weighted by molar-refractivity contribution is -0.125. The van der Waals surface area contributed by atoms with Gasteiger partial charge in [0.25, 0.3) is 0 Å². The summed E-state index contributed by atoms with van der Waals surface area (Å²) in [6, 6.07) is 0.443. The van der Waals surface area contributed by atoms with E-state index in [0.29, 0.717) is 12.0 Å². The first kappa shape index (κ1) is 15.8. The first-order valence-electron chi connectivity index (χ1n) is 8.78. The minimum absolute atomic E-state index is 0.0475. The number of amides is 1. The van der Waals surface area contributed by atoms with E-state index in [4.69, 9.17) is 0 Å². The van der Waals surface area contributed by atoms with E-state index < -0.39 is 0 Å². The Balaban J connectivity index is 1.84. The van der Waals surface area contributed by atoms with Crippen LogP contribution in [0.15, 0.2) is 0 Å². The highest BCUT2D eigenvalue weighted by atomic mass is 16.2. The number of hydrogen-bond acceptors (Lipinski definition) is 2. The summed E-state index contributed by atoms with van der Waals surface area (Å²) in [7, 11) is 0. The lowest BCUT2D eigenvalue weighted by Gasteiger charge is -2.34. The lowest BCUT2D eigenvalue weighted by Crippen LogP contribution is -2.52. The average Bonchev–Trinajstić information content (AvgIpc) is 2.53. The molecule has 3 atom stereocenters. The second-order valence-corrected chi connectivity index (χ2v) is 6.73. The second-order valence-electron chi connectivity index (χ2n) is 6.73. The average molecular weight is 280 g/mol. The van der Waals surface area contributed by atoms with Crippen LogP contribution in [0.5, 0.6) is 0 Å². The summed E-state index contributed by atoms with van der Waals surface area (Å²) in [6.07, 6.45) is 11.2. The Kier molecular flexibility index (Phi) is 6.34. The van der Waals surface area contributed by atoms with Crippen molar-refractivity contribution in [3.63, 3.8) is 0 Å². The highest BCUT2D eigenvalue weighted by molar-refractivity contribution is 5.82. The Hall–Kier alpha value is -0.570. The Morgan fingerprint density at radius 2 is 1.95 bits per heavy atom. The van der Waals surface area contributed by atoms with E-state index in [1.807, 2.05) is 0 Å². The van der Waals surface area contributed by atoms with Crippen LogP contribution in [0.25, 0.3) is 0 Å². The molecule has 3 heteroatoms. The molecular weight excluding hydrogens is 248 g/mol. The number of rotatable bonds is 5. The van der Waals surface area contributed by atoms with E-state index in [-0.39, 0.29) is 11.9 Å². The van der Waals surface area contributed by atoms with E-state index in [0.717, 1.165) is 25.3 Å². The van der Waals surface area contributed by atoms with Crippen LogP contribution < -0.4 is 10.6 Å². The van der Waals surface area contributed by atoms with Crippen LogP contribution in [0.2, 0.25) is 0 Å². The summed E-state index contributed by atoms with van der Waals surface area (Å²) in [4.78, 5) is 12.5. The number of nitrogens with one attached hydrogen (secondary N) is 2. The summed E-state index contributed by atoms with van der Waals surface area (Å²) < 4.78 is 0. The fourth-order valence-electron chi connectivity index (χ4n) is 3.94. The van der Waals surface area contributed by atoms with Crippen molar-refractivity contribution in [2.75, 3.05) is 6.54 Å². The van der Waals surface area contributed by atoms with E-state index in [2.05, 4.69) is 24.5 Å².